The molecule has 88 heavy (non-hydrogen) atoms. The quantitative estimate of drug-likeness (QED) is 0.166. The Balaban J connectivity index is 0.854. The van der Waals surface area contributed by atoms with Gasteiger partial charge in [-0.25, -0.2) is 0 Å². The summed E-state index contributed by atoms with van der Waals surface area (Å²) in [6.07, 6.45) is 0. The summed E-state index contributed by atoms with van der Waals surface area (Å²) in [7, 11) is 0. The van der Waals surface area contributed by atoms with Crippen LogP contribution in [0.4, 0.5) is 0 Å². The minimum Gasteiger partial charge on any atom is -0.454 e. The second-order valence-corrected chi connectivity index (χ2v) is 24.5. The van der Waals surface area contributed by atoms with Gasteiger partial charge >= 0.3 is 13.7 Å². The summed E-state index contributed by atoms with van der Waals surface area (Å²) < 4.78 is 24.6. The van der Waals surface area contributed by atoms with Crippen molar-refractivity contribution in [1.82, 2.24) is 18.1 Å². The second kappa shape index (κ2) is 16.3. The Morgan fingerprint density at radius 3 is 1.58 bits per heavy atom. The fourth-order valence-electron chi connectivity index (χ4n) is 17.0. The first-order valence-electron chi connectivity index (χ1n) is 30.6. The molecule has 8 heterocycles. The van der Waals surface area contributed by atoms with Gasteiger partial charge in [0.2, 0.25) is 0 Å². The SMILES string of the molecule is c1ccc2c(c1)B(n1c3ccccc3c3c(-c4ccc5c(c4)c4c6ccccc6cc6c4n5-c4ccccc4B6n4c5ccccc5c5ccc6c7ccccc7oc6c54)cc4c5ccccc5oc4c31)c1cccc3c4c5ccccc5ccc4n-2c13. The van der Waals surface area contributed by atoms with Crippen LogP contribution in [0.25, 0.3) is 175 Å². The standard InChI is InChI=1S/C80H44B2N4O2/c1-3-20-48-45(18-1)36-41-69-72(48)56-26-17-29-62-75(56)84(69)68-33-14-9-27-60(68)81(62)86-66-31-12-6-25-55(66)74-57(44-58-52-24-8-16-35-71(52)88-80(58)78(74)86)47-37-40-64-59(42-47)73-49-21-4-2-19-46(49)43-63-77(73)83(64)67-32-13-10-28-61(67)82(63)85-65-30-11-5-22-50(65)53-38-39-54-51-23-7-15-34-70(51)87-79(54)76(53)85/h1-44H. The molecular formula is C80H44B2N4O2. The Morgan fingerprint density at radius 2 is 0.807 bits per heavy atom. The Hall–Kier alpha value is -11.5. The summed E-state index contributed by atoms with van der Waals surface area (Å²) >= 11 is 0. The number of hydrogen-bond donors (Lipinski definition) is 0. The molecule has 22 rings (SSSR count). The molecule has 402 valence electrons. The van der Waals surface area contributed by atoms with Crippen molar-refractivity contribution in [2.75, 3.05) is 0 Å². The van der Waals surface area contributed by atoms with Gasteiger partial charge in [0.05, 0.1) is 33.1 Å². The lowest BCUT2D eigenvalue weighted by molar-refractivity contribution is 0.671. The Bertz CT molecular complexity index is 6600. The van der Waals surface area contributed by atoms with Gasteiger partial charge in [0.1, 0.15) is 11.2 Å². The molecule has 20 aromatic rings. The smallest absolute Gasteiger partial charge is 0.332 e. The lowest BCUT2D eigenvalue weighted by Gasteiger charge is -2.28. The summed E-state index contributed by atoms with van der Waals surface area (Å²) in [5.74, 6) is 0. The minimum absolute atomic E-state index is 0.195. The van der Waals surface area contributed by atoms with Crippen molar-refractivity contribution >= 4 is 188 Å². The molecule has 2 aliphatic heterocycles. The van der Waals surface area contributed by atoms with Gasteiger partial charge in [-0.3, -0.25) is 0 Å². The van der Waals surface area contributed by atoms with Crippen molar-refractivity contribution in [3.8, 4) is 22.5 Å². The average Bonchev–Trinajstić information content (AvgIpc) is 1.53. The third-order valence-electron chi connectivity index (χ3n) is 20.4. The van der Waals surface area contributed by atoms with Crippen molar-refractivity contribution in [2.24, 2.45) is 0 Å². The van der Waals surface area contributed by atoms with Crippen LogP contribution in [0.5, 0.6) is 0 Å². The van der Waals surface area contributed by atoms with Crippen molar-refractivity contribution in [3.05, 3.63) is 267 Å². The number of para-hydroxylation sites is 7. The van der Waals surface area contributed by atoms with E-state index in [4.69, 9.17) is 8.83 Å². The van der Waals surface area contributed by atoms with Crippen LogP contribution < -0.4 is 21.9 Å². The lowest BCUT2D eigenvalue weighted by atomic mass is 9.48. The number of hydrogen-bond acceptors (Lipinski definition) is 2. The van der Waals surface area contributed by atoms with E-state index in [1.165, 1.54) is 131 Å². The largest absolute Gasteiger partial charge is 0.454 e. The first kappa shape index (κ1) is 45.9. The van der Waals surface area contributed by atoms with Crippen LogP contribution >= 0.6 is 0 Å². The molecule has 0 radical (unpaired) electrons. The monoisotopic (exact) mass is 1110 g/mol. The van der Waals surface area contributed by atoms with Gasteiger partial charge < -0.3 is 26.9 Å². The normalized spacial score (nSPS) is 13.2. The summed E-state index contributed by atoms with van der Waals surface area (Å²) in [6.45, 7) is -0.394. The zero-order valence-electron chi connectivity index (χ0n) is 47.2. The van der Waals surface area contributed by atoms with E-state index in [2.05, 4.69) is 285 Å². The van der Waals surface area contributed by atoms with Crippen LogP contribution in [0.3, 0.4) is 0 Å². The van der Waals surface area contributed by atoms with Crippen molar-refractivity contribution in [2.45, 2.75) is 0 Å². The van der Waals surface area contributed by atoms with Gasteiger partial charge in [0, 0.05) is 87.0 Å². The van der Waals surface area contributed by atoms with E-state index in [9.17, 15) is 0 Å². The predicted molar refractivity (Wildman–Crippen MR) is 370 cm³/mol. The maximum atomic E-state index is 7.29. The molecule has 8 heteroatoms. The number of rotatable bonds is 3. The number of aromatic nitrogens is 4. The lowest BCUT2D eigenvalue weighted by Crippen LogP contribution is -2.53. The van der Waals surface area contributed by atoms with E-state index in [0.717, 1.165) is 66.0 Å². The van der Waals surface area contributed by atoms with E-state index < -0.39 is 0 Å². The molecule has 6 aromatic heterocycles. The summed E-state index contributed by atoms with van der Waals surface area (Å²) in [4.78, 5) is 0. The van der Waals surface area contributed by atoms with Crippen LogP contribution in [-0.2, 0) is 0 Å². The molecule has 0 N–H and O–H groups in total. The molecule has 6 nitrogen and oxygen atoms in total. The maximum Gasteiger partial charge on any atom is 0.332 e. The average molecular weight is 1110 g/mol. The highest BCUT2D eigenvalue weighted by molar-refractivity contribution is 6.89. The van der Waals surface area contributed by atoms with E-state index in [1.807, 2.05) is 0 Å². The topological polar surface area (TPSA) is 46.0 Å². The summed E-state index contributed by atoms with van der Waals surface area (Å²) in [6, 6.07) is 99.6. The van der Waals surface area contributed by atoms with Crippen LogP contribution in [0, 0.1) is 0 Å². The van der Waals surface area contributed by atoms with Crippen LogP contribution in [0.1, 0.15) is 0 Å². The Labute approximate surface area is 501 Å². The third kappa shape index (κ3) is 5.55. The van der Waals surface area contributed by atoms with Crippen LogP contribution in [0.2, 0.25) is 0 Å². The molecule has 0 aliphatic carbocycles. The minimum atomic E-state index is -0.200. The predicted octanol–water partition coefficient (Wildman–Crippen LogP) is 17.8. The number of furan rings is 2. The zero-order chi connectivity index (χ0) is 56.8. The molecular weight excluding hydrogens is 1070 g/mol. The molecule has 0 saturated carbocycles. The van der Waals surface area contributed by atoms with Gasteiger partial charge in [-0.1, -0.05) is 200 Å². The number of benzene rings is 14. The van der Waals surface area contributed by atoms with Crippen molar-refractivity contribution in [1.29, 1.82) is 0 Å². The highest BCUT2D eigenvalue weighted by Gasteiger charge is 2.40. The number of fused-ring (bicyclic) bond motifs is 28. The first-order valence-corrected chi connectivity index (χ1v) is 30.6. The van der Waals surface area contributed by atoms with E-state index in [1.54, 1.807) is 0 Å². The fourth-order valence-corrected chi connectivity index (χ4v) is 17.0. The van der Waals surface area contributed by atoms with E-state index in [0.29, 0.717) is 0 Å². The van der Waals surface area contributed by atoms with Gasteiger partial charge in [0.15, 0.2) is 11.2 Å². The molecule has 0 fully saturated rings. The highest BCUT2D eigenvalue weighted by atomic mass is 16.3. The molecule has 0 saturated heterocycles. The first-order chi connectivity index (χ1) is 43.7. The van der Waals surface area contributed by atoms with Gasteiger partial charge in [0.25, 0.3) is 0 Å². The van der Waals surface area contributed by atoms with Gasteiger partial charge in [-0.2, -0.15) is 0 Å². The number of nitrogens with zero attached hydrogens (tertiary/aromatic N) is 4. The second-order valence-electron chi connectivity index (χ2n) is 24.5. The molecule has 0 bridgehead atoms. The third-order valence-corrected chi connectivity index (χ3v) is 20.4. The van der Waals surface area contributed by atoms with Gasteiger partial charge in [-0.05, 0) is 121 Å². The zero-order valence-corrected chi connectivity index (χ0v) is 47.2. The summed E-state index contributed by atoms with van der Waals surface area (Å²) in [5.41, 5.74) is 22.7. The van der Waals surface area contributed by atoms with Crippen LogP contribution in [-0.4, -0.2) is 31.8 Å². The molecule has 0 spiro atoms. The van der Waals surface area contributed by atoms with Crippen LogP contribution in [0.15, 0.2) is 276 Å². The molecule has 2 aliphatic rings. The highest BCUT2D eigenvalue weighted by Crippen LogP contribution is 2.49. The maximum absolute atomic E-state index is 7.29. The van der Waals surface area contributed by atoms with E-state index in [-0.39, 0.29) is 13.7 Å². The Morgan fingerprint density at radius 1 is 0.261 bits per heavy atom. The molecule has 0 unspecified atom stereocenters. The molecule has 14 aromatic carbocycles. The molecule has 0 amide bonds. The van der Waals surface area contributed by atoms with E-state index >= 15 is 0 Å². The van der Waals surface area contributed by atoms with Crippen molar-refractivity contribution < 1.29 is 8.83 Å². The Kier molecular flexibility index (Phi) is 8.49. The van der Waals surface area contributed by atoms with Gasteiger partial charge in [-0.15, -0.1) is 0 Å². The fraction of sp³-hybridized carbons (Fsp3) is 0. The molecule has 0 atom stereocenters. The van der Waals surface area contributed by atoms with Crippen molar-refractivity contribution in [3.63, 3.8) is 0 Å². The summed E-state index contributed by atoms with van der Waals surface area (Å²) in [5, 5.41) is 19.2.